The number of amides is 1. The Morgan fingerprint density at radius 2 is 2.09 bits per heavy atom. The van der Waals surface area contributed by atoms with Gasteiger partial charge in [0.2, 0.25) is 11.8 Å². The Hall–Kier alpha value is -2.82. The first kappa shape index (κ1) is 16.5. The van der Waals surface area contributed by atoms with Crippen molar-refractivity contribution in [1.82, 2.24) is 10.3 Å². The van der Waals surface area contributed by atoms with Crippen LogP contribution in [0.1, 0.15) is 12.6 Å². The molecule has 5 nitrogen and oxygen atoms in total. The van der Waals surface area contributed by atoms with Gasteiger partial charge in [-0.15, -0.1) is 0 Å². The van der Waals surface area contributed by atoms with Gasteiger partial charge in [-0.25, -0.2) is 4.98 Å². The van der Waals surface area contributed by atoms with Crippen molar-refractivity contribution in [3.8, 4) is 17.2 Å². The molecule has 0 atom stereocenters. The number of hydrogen-bond donors (Lipinski definition) is 1. The zero-order valence-corrected chi connectivity index (χ0v) is 13.3. The number of rotatable bonds is 7. The molecule has 0 spiro atoms. The van der Waals surface area contributed by atoms with Crippen LogP contribution < -0.4 is 10.1 Å². The Morgan fingerprint density at radius 1 is 1.30 bits per heavy atom. The average molecular weight is 312 g/mol. The van der Waals surface area contributed by atoms with Crippen molar-refractivity contribution in [2.45, 2.75) is 13.3 Å². The first-order chi connectivity index (χ1) is 11.2. The van der Waals surface area contributed by atoms with E-state index in [9.17, 15) is 4.79 Å². The maximum atomic E-state index is 11.5. The van der Waals surface area contributed by atoms with E-state index < -0.39 is 0 Å². The van der Waals surface area contributed by atoms with E-state index in [-0.39, 0.29) is 5.91 Å². The summed E-state index contributed by atoms with van der Waals surface area (Å²) in [4.78, 5) is 15.9. The molecule has 0 unspecified atom stereocenters. The fraction of sp³-hybridized carbons (Fsp3) is 0.222. The van der Waals surface area contributed by atoms with Crippen LogP contribution in [0.25, 0.3) is 11.5 Å². The van der Waals surface area contributed by atoms with E-state index in [0.717, 1.165) is 17.0 Å². The van der Waals surface area contributed by atoms with Gasteiger partial charge in [0.15, 0.2) is 0 Å². The van der Waals surface area contributed by atoms with Gasteiger partial charge >= 0.3 is 0 Å². The fourth-order valence-corrected chi connectivity index (χ4v) is 1.91. The van der Waals surface area contributed by atoms with E-state index >= 15 is 0 Å². The number of allylic oxidation sites excluding steroid dienone is 3. The molecule has 1 heterocycles. The van der Waals surface area contributed by atoms with Crippen LogP contribution in [0.15, 0.2) is 59.2 Å². The molecule has 0 fully saturated rings. The van der Waals surface area contributed by atoms with E-state index in [1.807, 2.05) is 37.3 Å². The van der Waals surface area contributed by atoms with Crippen molar-refractivity contribution >= 4 is 5.91 Å². The monoisotopic (exact) mass is 312 g/mol. The summed E-state index contributed by atoms with van der Waals surface area (Å²) in [5, 5.41) is 2.80. The minimum Gasteiger partial charge on any atom is -0.497 e. The molecule has 0 bridgehead atoms. The molecule has 1 aromatic carbocycles. The van der Waals surface area contributed by atoms with Crippen LogP contribution in [0, 0.1) is 0 Å². The first-order valence-corrected chi connectivity index (χ1v) is 7.39. The number of nitrogens with zero attached hydrogens (tertiary/aromatic N) is 1. The third kappa shape index (κ3) is 5.14. The molecule has 0 saturated heterocycles. The molecule has 1 aromatic heterocycles. The number of benzene rings is 1. The van der Waals surface area contributed by atoms with E-state index in [4.69, 9.17) is 9.15 Å². The van der Waals surface area contributed by atoms with Crippen LogP contribution >= 0.6 is 0 Å². The quantitative estimate of drug-likeness (QED) is 0.630. The highest BCUT2D eigenvalue weighted by molar-refractivity contribution is 5.87. The molecule has 1 amide bonds. The van der Waals surface area contributed by atoms with Gasteiger partial charge in [-0.05, 0) is 31.2 Å². The topological polar surface area (TPSA) is 64.4 Å². The van der Waals surface area contributed by atoms with Gasteiger partial charge in [0, 0.05) is 24.6 Å². The molecule has 23 heavy (non-hydrogen) atoms. The highest BCUT2D eigenvalue weighted by atomic mass is 16.5. The Balaban J connectivity index is 1.86. The Labute approximate surface area is 135 Å². The second-order valence-corrected chi connectivity index (χ2v) is 4.80. The van der Waals surface area contributed by atoms with E-state index in [0.29, 0.717) is 18.9 Å². The molecule has 1 N–H and O–H groups in total. The Bertz CT molecular complexity index is 685. The van der Waals surface area contributed by atoms with Gasteiger partial charge in [0.1, 0.15) is 12.0 Å². The van der Waals surface area contributed by atoms with E-state index in [1.165, 1.54) is 6.08 Å². The normalized spacial score (nSPS) is 11.2. The van der Waals surface area contributed by atoms with Crippen LogP contribution in [-0.4, -0.2) is 24.5 Å². The molecule has 120 valence electrons. The molecule has 0 radical (unpaired) electrons. The standard InChI is InChI=1S/C18H20N2O3/c1-3-4-5-6-17(21)19-12-11-15-13-23-18(20-15)14-7-9-16(22-2)10-8-14/h3-10,13H,11-12H2,1-2H3,(H,19,21)/b4-3+,6-5-. The average Bonchev–Trinajstić information content (AvgIpc) is 3.04. The van der Waals surface area contributed by atoms with Crippen LogP contribution in [0.2, 0.25) is 0 Å². The number of carbonyl (C=O) groups excluding carboxylic acids is 1. The summed E-state index contributed by atoms with van der Waals surface area (Å²) >= 11 is 0. The fourth-order valence-electron chi connectivity index (χ4n) is 1.91. The van der Waals surface area contributed by atoms with Gasteiger partial charge < -0.3 is 14.5 Å². The minimum absolute atomic E-state index is 0.123. The zero-order chi connectivity index (χ0) is 16.5. The lowest BCUT2D eigenvalue weighted by molar-refractivity contribution is -0.116. The second kappa shape index (κ2) is 8.58. The van der Waals surface area contributed by atoms with Crippen LogP contribution in [0.4, 0.5) is 0 Å². The summed E-state index contributed by atoms with van der Waals surface area (Å²) < 4.78 is 10.6. The van der Waals surface area contributed by atoms with Crippen LogP contribution in [0.5, 0.6) is 5.75 Å². The number of methoxy groups -OCH3 is 1. The van der Waals surface area contributed by atoms with Crippen molar-refractivity contribution in [3.05, 3.63) is 60.5 Å². The number of nitrogens with one attached hydrogen (secondary N) is 1. The lowest BCUT2D eigenvalue weighted by atomic mass is 10.2. The Morgan fingerprint density at radius 3 is 2.78 bits per heavy atom. The first-order valence-electron chi connectivity index (χ1n) is 7.39. The van der Waals surface area contributed by atoms with Gasteiger partial charge in [-0.2, -0.15) is 0 Å². The van der Waals surface area contributed by atoms with Gasteiger partial charge in [0.05, 0.1) is 12.8 Å². The van der Waals surface area contributed by atoms with Crippen LogP contribution in [0.3, 0.4) is 0 Å². The predicted octanol–water partition coefficient (Wildman–Crippen LogP) is 3.14. The third-order valence-corrected chi connectivity index (χ3v) is 3.12. The maximum absolute atomic E-state index is 11.5. The molecule has 2 rings (SSSR count). The smallest absolute Gasteiger partial charge is 0.243 e. The highest BCUT2D eigenvalue weighted by Crippen LogP contribution is 2.21. The number of ether oxygens (including phenoxy) is 1. The summed E-state index contributed by atoms with van der Waals surface area (Å²) in [7, 11) is 1.63. The molecule has 5 heteroatoms. The number of carbonyl (C=O) groups is 1. The molecule has 2 aromatic rings. The van der Waals surface area contributed by atoms with Gasteiger partial charge in [0.25, 0.3) is 0 Å². The van der Waals surface area contributed by atoms with Crippen LogP contribution in [-0.2, 0) is 11.2 Å². The number of oxazole rings is 1. The largest absolute Gasteiger partial charge is 0.497 e. The molecule has 0 aliphatic heterocycles. The molecule has 0 saturated carbocycles. The summed E-state index contributed by atoms with van der Waals surface area (Å²) in [5.74, 6) is 1.22. The van der Waals surface area contributed by atoms with Crippen molar-refractivity contribution < 1.29 is 13.9 Å². The lowest BCUT2D eigenvalue weighted by Crippen LogP contribution is -2.23. The summed E-state index contributed by atoms with van der Waals surface area (Å²) in [6.07, 6.45) is 9.08. The molecular formula is C18H20N2O3. The van der Waals surface area contributed by atoms with Crippen molar-refractivity contribution in [2.24, 2.45) is 0 Å². The number of aromatic nitrogens is 1. The van der Waals surface area contributed by atoms with Crippen molar-refractivity contribution in [3.63, 3.8) is 0 Å². The molecule has 0 aliphatic carbocycles. The minimum atomic E-state index is -0.123. The van der Waals surface area contributed by atoms with E-state index in [1.54, 1.807) is 25.5 Å². The third-order valence-electron chi connectivity index (χ3n) is 3.12. The van der Waals surface area contributed by atoms with Gasteiger partial charge in [-0.3, -0.25) is 4.79 Å². The summed E-state index contributed by atoms with van der Waals surface area (Å²) in [5.41, 5.74) is 1.68. The number of hydrogen-bond acceptors (Lipinski definition) is 4. The maximum Gasteiger partial charge on any atom is 0.243 e. The predicted molar refractivity (Wildman–Crippen MR) is 89.2 cm³/mol. The summed E-state index contributed by atoms with van der Waals surface area (Å²) in [6, 6.07) is 7.50. The van der Waals surface area contributed by atoms with Gasteiger partial charge in [-0.1, -0.05) is 18.2 Å². The van der Waals surface area contributed by atoms with E-state index in [2.05, 4.69) is 10.3 Å². The molecule has 0 aliphatic rings. The van der Waals surface area contributed by atoms with Crippen molar-refractivity contribution in [1.29, 1.82) is 0 Å². The van der Waals surface area contributed by atoms with Crippen molar-refractivity contribution in [2.75, 3.05) is 13.7 Å². The lowest BCUT2D eigenvalue weighted by Gasteiger charge is -2.00. The SMILES string of the molecule is C/C=C/C=C\C(=O)NCCc1coc(-c2ccc(OC)cc2)n1. The second-order valence-electron chi connectivity index (χ2n) is 4.80. The Kier molecular flexibility index (Phi) is 6.17. The summed E-state index contributed by atoms with van der Waals surface area (Å²) in [6.45, 7) is 2.40. The highest BCUT2D eigenvalue weighted by Gasteiger charge is 2.07. The zero-order valence-electron chi connectivity index (χ0n) is 13.3. The molecular weight excluding hydrogens is 292 g/mol.